The first-order valence-corrected chi connectivity index (χ1v) is 6.49. The van der Waals surface area contributed by atoms with Crippen molar-refractivity contribution in [2.24, 2.45) is 0 Å². The maximum atomic E-state index is 11.1. The van der Waals surface area contributed by atoms with E-state index >= 15 is 0 Å². The lowest BCUT2D eigenvalue weighted by Crippen LogP contribution is -2.35. The van der Waals surface area contributed by atoms with Crippen LogP contribution in [-0.2, 0) is 14.3 Å². The Morgan fingerprint density at radius 3 is 2.00 bits per heavy atom. The predicted octanol–water partition coefficient (Wildman–Crippen LogP) is 2.77. The molecule has 0 radical (unpaired) electrons. The fourth-order valence-corrected chi connectivity index (χ4v) is 2.77. The Morgan fingerprint density at radius 1 is 1.20 bits per heavy atom. The molecule has 1 aromatic carbocycles. The molecule has 0 amide bonds. The first-order chi connectivity index (χ1) is 6.80. The Bertz CT molecular complexity index is 432. The Balaban J connectivity index is 3.39. The zero-order valence-corrected chi connectivity index (χ0v) is 10.4. The number of hydrogen-bond donors (Lipinski definition) is 1. The Morgan fingerprint density at radius 2 is 1.67 bits per heavy atom. The Labute approximate surface area is 103 Å². The van der Waals surface area contributed by atoms with Gasteiger partial charge < -0.3 is 0 Å². The highest BCUT2D eigenvalue weighted by Crippen LogP contribution is 2.42. The lowest BCUT2D eigenvalue weighted by molar-refractivity contribution is 0.463. The van der Waals surface area contributed by atoms with Crippen molar-refractivity contribution in [1.82, 2.24) is 0 Å². The van der Waals surface area contributed by atoms with Crippen LogP contribution in [0.1, 0.15) is 5.56 Å². The van der Waals surface area contributed by atoms with Crippen LogP contribution in [0.25, 0.3) is 0 Å². The molecule has 0 aliphatic rings. The van der Waals surface area contributed by atoms with Crippen LogP contribution >= 0.6 is 34.8 Å². The molecule has 0 fully saturated rings. The van der Waals surface area contributed by atoms with Crippen molar-refractivity contribution < 1.29 is 13.0 Å². The molecule has 1 aromatic rings. The fourth-order valence-electron chi connectivity index (χ4n) is 1.05. The van der Waals surface area contributed by atoms with E-state index in [0.717, 1.165) is 0 Å². The number of benzene rings is 1. The van der Waals surface area contributed by atoms with Gasteiger partial charge in [0.15, 0.2) is 0 Å². The van der Waals surface area contributed by atoms with Gasteiger partial charge in [-0.05, 0) is 5.56 Å². The minimum atomic E-state index is -4.62. The first-order valence-electron chi connectivity index (χ1n) is 3.79. The molecular formula is C8H7Cl3O3S. The van der Waals surface area contributed by atoms with Gasteiger partial charge in [0.25, 0.3) is 10.1 Å². The molecule has 7 heteroatoms. The lowest BCUT2D eigenvalue weighted by Gasteiger charge is -2.24. The van der Waals surface area contributed by atoms with Gasteiger partial charge in [-0.3, -0.25) is 4.55 Å². The van der Waals surface area contributed by atoms with Crippen molar-refractivity contribution in [3.63, 3.8) is 0 Å². The standard InChI is InChI=1S/C8H7Cl3O3S/c9-7(10)8(11,15(12,13)14)6-4-2-1-3-5-6/h1-5,7H,(H,12,13,14). The third kappa shape index (κ3) is 2.40. The predicted molar refractivity (Wildman–Crippen MR) is 61.0 cm³/mol. The number of rotatable bonds is 3. The quantitative estimate of drug-likeness (QED) is 0.687. The van der Waals surface area contributed by atoms with Gasteiger partial charge in [-0.25, -0.2) is 0 Å². The normalized spacial score (nSPS) is 16.3. The smallest absolute Gasteiger partial charge is 0.284 e. The Kier molecular flexibility index (Phi) is 3.90. The molecule has 0 heterocycles. The second-order valence-corrected chi connectivity index (χ2v) is 6.30. The molecule has 0 bridgehead atoms. The van der Waals surface area contributed by atoms with E-state index in [1.807, 2.05) is 0 Å². The molecule has 1 atom stereocenters. The molecule has 1 rings (SSSR count). The van der Waals surface area contributed by atoms with Crippen LogP contribution in [0.5, 0.6) is 0 Å². The van der Waals surface area contributed by atoms with Crippen molar-refractivity contribution >= 4 is 44.9 Å². The number of alkyl halides is 3. The lowest BCUT2D eigenvalue weighted by atomic mass is 10.1. The van der Waals surface area contributed by atoms with Crippen molar-refractivity contribution in [2.75, 3.05) is 0 Å². The van der Waals surface area contributed by atoms with Gasteiger partial charge in [-0.2, -0.15) is 8.42 Å². The third-order valence-corrected chi connectivity index (χ3v) is 5.20. The van der Waals surface area contributed by atoms with Crippen LogP contribution in [0.3, 0.4) is 0 Å². The van der Waals surface area contributed by atoms with Crippen LogP contribution < -0.4 is 0 Å². The summed E-state index contributed by atoms with van der Waals surface area (Å²) in [6.45, 7) is 0. The van der Waals surface area contributed by atoms with E-state index in [1.54, 1.807) is 18.2 Å². The molecule has 0 spiro atoms. The highest BCUT2D eigenvalue weighted by Gasteiger charge is 2.48. The van der Waals surface area contributed by atoms with Gasteiger partial charge in [0.2, 0.25) is 4.21 Å². The molecule has 15 heavy (non-hydrogen) atoms. The summed E-state index contributed by atoms with van der Waals surface area (Å²) in [4.78, 5) is -1.49. The van der Waals surface area contributed by atoms with Crippen LogP contribution in [0.15, 0.2) is 30.3 Å². The topological polar surface area (TPSA) is 54.4 Å². The highest BCUT2D eigenvalue weighted by atomic mass is 35.5. The summed E-state index contributed by atoms with van der Waals surface area (Å²) < 4.78 is 29.1. The van der Waals surface area contributed by atoms with E-state index in [-0.39, 0.29) is 5.56 Å². The summed E-state index contributed by atoms with van der Waals surface area (Å²) in [6, 6.07) is 7.63. The number of halogens is 3. The molecular weight excluding hydrogens is 283 g/mol. The molecule has 0 aromatic heterocycles. The van der Waals surface area contributed by atoms with E-state index in [2.05, 4.69) is 0 Å². The van der Waals surface area contributed by atoms with Gasteiger partial charge in [0.1, 0.15) is 4.84 Å². The van der Waals surface area contributed by atoms with E-state index in [1.165, 1.54) is 12.1 Å². The van der Waals surface area contributed by atoms with Gasteiger partial charge >= 0.3 is 0 Å². The summed E-state index contributed by atoms with van der Waals surface area (Å²) in [6.07, 6.45) is 0. The maximum absolute atomic E-state index is 11.1. The first kappa shape index (κ1) is 13.1. The summed E-state index contributed by atoms with van der Waals surface area (Å²) >= 11 is 16.8. The van der Waals surface area contributed by atoms with Gasteiger partial charge in [-0.15, -0.1) is 23.2 Å². The largest absolute Gasteiger partial charge is 0.292 e. The van der Waals surface area contributed by atoms with Crippen LogP contribution in [-0.4, -0.2) is 17.8 Å². The van der Waals surface area contributed by atoms with Crippen molar-refractivity contribution in [1.29, 1.82) is 0 Å². The molecule has 1 unspecified atom stereocenters. The summed E-state index contributed by atoms with van der Waals surface area (Å²) in [5.74, 6) is 0. The van der Waals surface area contributed by atoms with Crippen LogP contribution in [0, 0.1) is 0 Å². The molecule has 0 aliphatic heterocycles. The Hall–Kier alpha value is -0.000000000000000111. The molecule has 84 valence electrons. The van der Waals surface area contributed by atoms with E-state index in [4.69, 9.17) is 39.4 Å². The monoisotopic (exact) mass is 288 g/mol. The van der Waals surface area contributed by atoms with Crippen LogP contribution in [0.4, 0.5) is 0 Å². The van der Waals surface area contributed by atoms with E-state index < -0.39 is 19.2 Å². The molecule has 1 N–H and O–H groups in total. The van der Waals surface area contributed by atoms with Crippen molar-refractivity contribution in [3.05, 3.63) is 35.9 Å². The van der Waals surface area contributed by atoms with E-state index in [9.17, 15) is 8.42 Å². The van der Waals surface area contributed by atoms with Crippen molar-refractivity contribution in [2.45, 2.75) is 9.04 Å². The van der Waals surface area contributed by atoms with Crippen molar-refractivity contribution in [3.8, 4) is 0 Å². The minimum Gasteiger partial charge on any atom is -0.284 e. The van der Waals surface area contributed by atoms with Gasteiger partial charge in [0.05, 0.1) is 0 Å². The average molecular weight is 290 g/mol. The van der Waals surface area contributed by atoms with Gasteiger partial charge in [-0.1, -0.05) is 41.9 Å². The molecule has 0 saturated carbocycles. The maximum Gasteiger partial charge on any atom is 0.292 e. The third-order valence-electron chi connectivity index (χ3n) is 1.82. The fraction of sp³-hybridized carbons (Fsp3) is 0.250. The minimum absolute atomic E-state index is 0.115. The average Bonchev–Trinajstić information content (AvgIpc) is 2.16. The van der Waals surface area contributed by atoms with E-state index in [0.29, 0.717) is 0 Å². The second kappa shape index (κ2) is 4.47. The SMILES string of the molecule is O=S(=O)(O)C(Cl)(c1ccccc1)C(Cl)Cl. The van der Waals surface area contributed by atoms with Crippen LogP contribution in [0.2, 0.25) is 0 Å². The highest BCUT2D eigenvalue weighted by molar-refractivity contribution is 7.88. The second-order valence-electron chi connectivity index (χ2n) is 2.79. The summed E-state index contributed by atoms with van der Waals surface area (Å²) in [7, 11) is -4.62. The molecule has 0 aliphatic carbocycles. The summed E-state index contributed by atoms with van der Waals surface area (Å²) in [5.41, 5.74) is 0.115. The summed E-state index contributed by atoms with van der Waals surface area (Å²) in [5, 5.41) is 0. The number of hydrogen-bond acceptors (Lipinski definition) is 2. The van der Waals surface area contributed by atoms with Gasteiger partial charge in [0, 0.05) is 0 Å². The zero-order valence-electron chi connectivity index (χ0n) is 7.27. The zero-order chi connectivity index (χ0) is 11.7. The molecule has 0 saturated heterocycles. The molecule has 3 nitrogen and oxygen atoms in total.